The molecule has 0 radical (unpaired) electrons. The summed E-state index contributed by atoms with van der Waals surface area (Å²) in [6, 6.07) is 16.7. The topological polar surface area (TPSA) is 36.9 Å². The molecular formula is C27H32O4. The third-order valence-corrected chi connectivity index (χ3v) is 4.99. The highest BCUT2D eigenvalue weighted by Gasteiger charge is 2.23. The Balaban J connectivity index is 1.90. The molecule has 4 heteroatoms. The quantitative estimate of drug-likeness (QED) is 0.118. The lowest BCUT2D eigenvalue weighted by Crippen LogP contribution is -2.19. The number of allylic oxidation sites excluding steroid dienone is 2. The van der Waals surface area contributed by atoms with Crippen LogP contribution >= 0.6 is 0 Å². The van der Waals surface area contributed by atoms with Gasteiger partial charge in [0.15, 0.2) is 5.76 Å². The molecule has 0 bridgehead atoms. The van der Waals surface area contributed by atoms with Gasteiger partial charge in [0.05, 0.1) is 6.61 Å². The summed E-state index contributed by atoms with van der Waals surface area (Å²) in [6.45, 7) is 20.3. The van der Waals surface area contributed by atoms with E-state index in [0.717, 1.165) is 12.2 Å². The second-order valence-corrected chi connectivity index (χ2v) is 7.54. The molecule has 2 rings (SSSR count). The van der Waals surface area contributed by atoms with Crippen LogP contribution in [0.2, 0.25) is 0 Å². The predicted molar refractivity (Wildman–Crippen MR) is 126 cm³/mol. The molecule has 0 saturated heterocycles. The van der Waals surface area contributed by atoms with Gasteiger partial charge in [0, 0.05) is 5.41 Å². The molecule has 0 aliphatic heterocycles. The summed E-state index contributed by atoms with van der Waals surface area (Å²) in [4.78, 5) is 10.1. The van der Waals surface area contributed by atoms with Crippen LogP contribution in [0.15, 0.2) is 98.5 Å². The van der Waals surface area contributed by atoms with Crippen molar-refractivity contribution in [3.63, 3.8) is 0 Å². The maximum Gasteiger partial charge on any atom is 0.157 e. The van der Waals surface area contributed by atoms with Crippen LogP contribution in [0.25, 0.3) is 0 Å². The first kappa shape index (κ1) is 24.0. The van der Waals surface area contributed by atoms with Crippen LogP contribution in [0.3, 0.4) is 0 Å². The number of rotatable bonds is 14. The number of hydrogen-bond donors (Lipinski definition) is 0. The van der Waals surface area contributed by atoms with Crippen LogP contribution in [-0.4, -0.2) is 19.8 Å². The summed E-state index contributed by atoms with van der Waals surface area (Å²) in [5.74, 6) is 1.76. The van der Waals surface area contributed by atoms with Gasteiger partial charge in [-0.3, -0.25) is 0 Å². The Hall–Kier alpha value is -3.24. The van der Waals surface area contributed by atoms with Gasteiger partial charge in [-0.1, -0.05) is 76.6 Å². The molecule has 0 aromatic heterocycles. The molecular weight excluding hydrogens is 388 g/mol. The normalized spacial score (nSPS) is 10.8. The highest BCUT2D eigenvalue weighted by atomic mass is 17.2. The van der Waals surface area contributed by atoms with Gasteiger partial charge in [-0.05, 0) is 47.4 Å². The van der Waals surface area contributed by atoms with Crippen LogP contribution in [0.5, 0.6) is 5.75 Å². The van der Waals surface area contributed by atoms with Crippen molar-refractivity contribution in [2.75, 3.05) is 19.8 Å². The Morgan fingerprint density at radius 3 is 1.97 bits per heavy atom. The minimum atomic E-state index is -0.136. The SMILES string of the molecule is C=CC(=C)OCCOc1ccc(C(C)(C)c2ccc(CCOOC(=C)C=C)cc2)cc1. The highest BCUT2D eigenvalue weighted by molar-refractivity contribution is 5.40. The van der Waals surface area contributed by atoms with E-state index in [9.17, 15) is 0 Å². The van der Waals surface area contributed by atoms with Crippen molar-refractivity contribution < 1.29 is 19.2 Å². The minimum absolute atomic E-state index is 0.136. The van der Waals surface area contributed by atoms with Crippen molar-refractivity contribution in [2.24, 2.45) is 0 Å². The molecule has 2 aromatic carbocycles. The Kier molecular flexibility index (Phi) is 9.16. The second kappa shape index (κ2) is 11.8. The molecule has 4 nitrogen and oxygen atoms in total. The van der Waals surface area contributed by atoms with E-state index in [-0.39, 0.29) is 5.41 Å². The largest absolute Gasteiger partial charge is 0.491 e. The Morgan fingerprint density at radius 1 is 0.806 bits per heavy atom. The van der Waals surface area contributed by atoms with Gasteiger partial charge < -0.3 is 14.4 Å². The maximum atomic E-state index is 5.73. The zero-order valence-electron chi connectivity index (χ0n) is 18.6. The minimum Gasteiger partial charge on any atom is -0.491 e. The van der Waals surface area contributed by atoms with Gasteiger partial charge in [0.1, 0.15) is 24.7 Å². The van der Waals surface area contributed by atoms with Gasteiger partial charge in [0.2, 0.25) is 0 Å². The average molecular weight is 421 g/mol. The molecule has 31 heavy (non-hydrogen) atoms. The summed E-state index contributed by atoms with van der Waals surface area (Å²) in [7, 11) is 0. The monoisotopic (exact) mass is 420 g/mol. The van der Waals surface area contributed by atoms with Crippen molar-refractivity contribution in [3.8, 4) is 5.75 Å². The van der Waals surface area contributed by atoms with E-state index in [2.05, 4.69) is 76.6 Å². The van der Waals surface area contributed by atoms with E-state index in [4.69, 9.17) is 19.2 Å². The fourth-order valence-electron chi connectivity index (χ4n) is 2.92. The summed E-state index contributed by atoms with van der Waals surface area (Å²) in [6.07, 6.45) is 3.83. The summed E-state index contributed by atoms with van der Waals surface area (Å²) in [5.41, 5.74) is 3.49. The fraction of sp³-hybridized carbons (Fsp3) is 0.259. The molecule has 164 valence electrons. The van der Waals surface area contributed by atoms with Crippen LogP contribution < -0.4 is 4.74 Å². The zero-order chi connectivity index (χ0) is 22.7. The molecule has 0 spiro atoms. The van der Waals surface area contributed by atoms with Crippen molar-refractivity contribution in [3.05, 3.63) is 115 Å². The van der Waals surface area contributed by atoms with Crippen molar-refractivity contribution >= 4 is 0 Å². The molecule has 0 unspecified atom stereocenters. The molecule has 0 atom stereocenters. The smallest absolute Gasteiger partial charge is 0.157 e. The second-order valence-electron chi connectivity index (χ2n) is 7.54. The van der Waals surface area contributed by atoms with Crippen molar-refractivity contribution in [1.29, 1.82) is 0 Å². The first-order chi connectivity index (χ1) is 14.9. The van der Waals surface area contributed by atoms with E-state index in [1.54, 1.807) is 6.08 Å². The molecule has 0 heterocycles. The standard InChI is InChI=1S/C27H32O4/c1-7-21(3)28-19-20-29-26-15-13-25(14-16-26)27(5,6)24-11-9-23(10-12-24)17-18-30-31-22(4)8-2/h7-16H,1-4,17-20H2,5-6H3. The third-order valence-electron chi connectivity index (χ3n) is 4.99. The van der Waals surface area contributed by atoms with Crippen LogP contribution in [-0.2, 0) is 26.3 Å². The molecule has 0 aliphatic carbocycles. The van der Waals surface area contributed by atoms with Gasteiger partial charge in [-0.15, -0.1) is 0 Å². The third kappa shape index (κ3) is 7.50. The van der Waals surface area contributed by atoms with E-state index < -0.39 is 0 Å². The first-order valence-electron chi connectivity index (χ1n) is 10.2. The van der Waals surface area contributed by atoms with Crippen LogP contribution in [0.4, 0.5) is 0 Å². The predicted octanol–water partition coefficient (Wildman–Crippen LogP) is 6.30. The molecule has 0 saturated carbocycles. The van der Waals surface area contributed by atoms with Crippen LogP contribution in [0.1, 0.15) is 30.5 Å². The van der Waals surface area contributed by atoms with Gasteiger partial charge >= 0.3 is 0 Å². The summed E-state index contributed by atoms with van der Waals surface area (Å²) in [5, 5.41) is 0. The van der Waals surface area contributed by atoms with Gasteiger partial charge in [0.25, 0.3) is 0 Å². The van der Waals surface area contributed by atoms with Crippen molar-refractivity contribution in [1.82, 2.24) is 0 Å². The highest BCUT2D eigenvalue weighted by Crippen LogP contribution is 2.32. The van der Waals surface area contributed by atoms with E-state index in [0.29, 0.717) is 31.3 Å². The number of benzene rings is 2. The Morgan fingerprint density at radius 2 is 1.39 bits per heavy atom. The Labute approximate surface area is 186 Å². The van der Waals surface area contributed by atoms with E-state index >= 15 is 0 Å². The lowest BCUT2D eigenvalue weighted by molar-refractivity contribution is -0.256. The van der Waals surface area contributed by atoms with Crippen molar-refractivity contribution in [2.45, 2.75) is 25.7 Å². The molecule has 0 aliphatic rings. The average Bonchev–Trinajstić information content (AvgIpc) is 2.79. The van der Waals surface area contributed by atoms with Crippen LogP contribution in [0, 0.1) is 0 Å². The Bertz CT molecular complexity index is 803. The maximum absolute atomic E-state index is 5.73. The summed E-state index contributed by atoms with van der Waals surface area (Å²) >= 11 is 0. The molecule has 0 N–H and O–H groups in total. The number of ether oxygens (including phenoxy) is 2. The summed E-state index contributed by atoms with van der Waals surface area (Å²) < 4.78 is 11.1. The molecule has 0 amide bonds. The lowest BCUT2D eigenvalue weighted by atomic mass is 9.78. The van der Waals surface area contributed by atoms with Gasteiger partial charge in [-0.2, -0.15) is 4.89 Å². The zero-order valence-corrected chi connectivity index (χ0v) is 18.6. The fourth-order valence-corrected chi connectivity index (χ4v) is 2.92. The van der Waals surface area contributed by atoms with E-state index in [1.807, 2.05) is 12.1 Å². The van der Waals surface area contributed by atoms with E-state index in [1.165, 1.54) is 22.8 Å². The lowest BCUT2D eigenvalue weighted by Gasteiger charge is -2.26. The molecule has 2 aromatic rings. The molecule has 0 fully saturated rings. The number of hydrogen-bond acceptors (Lipinski definition) is 4. The first-order valence-corrected chi connectivity index (χ1v) is 10.2. The van der Waals surface area contributed by atoms with Gasteiger partial charge in [-0.25, -0.2) is 0 Å².